The van der Waals surface area contributed by atoms with Crippen molar-refractivity contribution < 1.29 is 40.6 Å². The lowest BCUT2D eigenvalue weighted by Gasteiger charge is -2.18. The summed E-state index contributed by atoms with van der Waals surface area (Å²) in [7, 11) is 0.809. The number of halogens is 7. The fraction of sp³-hybridized carbons (Fsp3) is 0.400. The van der Waals surface area contributed by atoms with Crippen molar-refractivity contribution in [1.29, 1.82) is 0 Å². The van der Waals surface area contributed by atoms with Gasteiger partial charge in [0.15, 0.2) is 0 Å². The topological polar surface area (TPSA) is 48.4 Å². The van der Waals surface area contributed by atoms with E-state index in [0.717, 1.165) is 7.11 Å². The van der Waals surface area contributed by atoms with Gasteiger partial charge in [0.25, 0.3) is 0 Å². The van der Waals surface area contributed by atoms with Crippen molar-refractivity contribution in [3.05, 3.63) is 22.9 Å². The summed E-state index contributed by atoms with van der Waals surface area (Å²) in [6.07, 6.45) is -10.1. The molecule has 0 unspecified atom stereocenters. The largest absolute Gasteiger partial charge is 0.574 e. The van der Waals surface area contributed by atoms with Crippen LogP contribution in [0.3, 0.4) is 0 Å². The molecule has 4 nitrogen and oxygen atoms in total. The van der Waals surface area contributed by atoms with Crippen molar-refractivity contribution >= 4 is 17.6 Å². The van der Waals surface area contributed by atoms with Gasteiger partial charge in [0.2, 0.25) is 5.88 Å². The van der Waals surface area contributed by atoms with Crippen molar-refractivity contribution in [3.63, 3.8) is 0 Å². The third-order valence-electron chi connectivity index (χ3n) is 2.17. The van der Waals surface area contributed by atoms with Crippen LogP contribution in [-0.4, -0.2) is 24.4 Å². The van der Waals surface area contributed by atoms with Crippen LogP contribution in [0.25, 0.3) is 0 Å². The summed E-state index contributed by atoms with van der Waals surface area (Å²) in [6.45, 7) is 0. The predicted molar refractivity (Wildman–Crippen MR) is 56.8 cm³/mol. The molecule has 0 aliphatic carbocycles. The summed E-state index contributed by atoms with van der Waals surface area (Å²) in [5, 5.41) is 0. The van der Waals surface area contributed by atoms with Gasteiger partial charge < -0.3 is 9.47 Å². The number of methoxy groups -OCH3 is 1. The van der Waals surface area contributed by atoms with Gasteiger partial charge in [0.1, 0.15) is 0 Å². The molecule has 1 aromatic heterocycles. The van der Waals surface area contributed by atoms with Crippen LogP contribution < -0.4 is 4.74 Å². The summed E-state index contributed by atoms with van der Waals surface area (Å²) in [5.74, 6) is -3.80. The molecule has 0 bridgehead atoms. The molecule has 0 spiro atoms. The third kappa shape index (κ3) is 4.13. The van der Waals surface area contributed by atoms with E-state index in [1.807, 2.05) is 0 Å². The molecule has 0 N–H and O–H groups in total. The molecule has 0 fully saturated rings. The Balaban J connectivity index is 3.58. The second-order valence-electron chi connectivity index (χ2n) is 3.50. The highest BCUT2D eigenvalue weighted by Crippen LogP contribution is 2.39. The number of ether oxygens (including phenoxy) is 2. The monoisotopic (exact) mass is 337 g/mol. The minimum Gasteiger partial charge on any atom is -0.465 e. The quantitative estimate of drug-likeness (QED) is 0.481. The van der Waals surface area contributed by atoms with Crippen molar-refractivity contribution in [2.45, 2.75) is 18.4 Å². The summed E-state index contributed by atoms with van der Waals surface area (Å²) in [6, 6.07) is 0. The molecule has 21 heavy (non-hydrogen) atoms. The zero-order valence-electron chi connectivity index (χ0n) is 10.1. The van der Waals surface area contributed by atoms with Gasteiger partial charge in [0.05, 0.1) is 24.1 Å². The van der Waals surface area contributed by atoms with Crippen LogP contribution in [0, 0.1) is 0 Å². The van der Waals surface area contributed by atoms with E-state index in [-0.39, 0.29) is 6.20 Å². The third-order valence-corrected chi connectivity index (χ3v) is 2.44. The second kappa shape index (κ2) is 5.96. The molecular weight excluding hydrogens is 332 g/mol. The molecule has 1 rings (SSSR count). The molecule has 1 aromatic rings. The van der Waals surface area contributed by atoms with Crippen molar-refractivity contribution in [1.82, 2.24) is 4.98 Å². The predicted octanol–water partition coefficient (Wildman–Crippen LogP) is 3.52. The molecule has 0 saturated heterocycles. The van der Waals surface area contributed by atoms with Gasteiger partial charge in [-0.05, 0) is 0 Å². The van der Waals surface area contributed by atoms with Gasteiger partial charge in [-0.2, -0.15) is 13.2 Å². The lowest BCUT2D eigenvalue weighted by atomic mass is 10.0. The molecule has 0 aromatic carbocycles. The molecule has 0 saturated carbocycles. The summed E-state index contributed by atoms with van der Waals surface area (Å²) >= 11 is 5.25. The van der Waals surface area contributed by atoms with E-state index < -0.39 is 47.0 Å². The molecular formula is C10H6ClF6NO3. The number of carbonyl (C=O) groups is 1. The van der Waals surface area contributed by atoms with Crippen LogP contribution in [0.15, 0.2) is 6.20 Å². The Morgan fingerprint density at radius 1 is 1.29 bits per heavy atom. The maximum absolute atomic E-state index is 13.0. The number of carbonyl (C=O) groups excluding carboxylic acids is 1. The highest BCUT2D eigenvalue weighted by Gasteiger charge is 2.42. The minimum absolute atomic E-state index is 0.284. The van der Waals surface area contributed by atoms with Gasteiger partial charge in [-0.1, -0.05) is 0 Å². The van der Waals surface area contributed by atoms with Crippen molar-refractivity contribution in [2.24, 2.45) is 0 Å². The van der Waals surface area contributed by atoms with Gasteiger partial charge in [-0.15, -0.1) is 24.8 Å². The van der Waals surface area contributed by atoms with E-state index in [1.165, 1.54) is 0 Å². The minimum atomic E-state index is -5.26. The number of pyridine rings is 1. The van der Waals surface area contributed by atoms with E-state index >= 15 is 0 Å². The first kappa shape index (κ1) is 17.3. The van der Waals surface area contributed by atoms with Crippen molar-refractivity contribution in [2.75, 3.05) is 7.11 Å². The Morgan fingerprint density at radius 3 is 2.24 bits per heavy atom. The lowest BCUT2D eigenvalue weighted by molar-refractivity contribution is -0.276. The number of hydrogen-bond donors (Lipinski definition) is 0. The van der Waals surface area contributed by atoms with E-state index in [4.69, 9.17) is 11.6 Å². The Hall–Kier alpha value is -1.71. The zero-order chi connectivity index (χ0) is 16.4. The van der Waals surface area contributed by atoms with E-state index in [9.17, 15) is 31.1 Å². The average Bonchev–Trinajstić information content (AvgIpc) is 2.34. The van der Waals surface area contributed by atoms with Gasteiger partial charge in [-0.25, -0.2) is 9.78 Å². The molecule has 0 atom stereocenters. The van der Waals surface area contributed by atoms with E-state index in [0.29, 0.717) is 0 Å². The second-order valence-corrected chi connectivity index (χ2v) is 3.77. The molecule has 11 heteroatoms. The first-order chi connectivity index (χ1) is 9.51. The van der Waals surface area contributed by atoms with Crippen LogP contribution in [0.4, 0.5) is 26.3 Å². The lowest BCUT2D eigenvalue weighted by Crippen LogP contribution is -2.23. The molecule has 0 aliphatic rings. The van der Waals surface area contributed by atoms with Crippen LogP contribution in [0.2, 0.25) is 0 Å². The smallest absolute Gasteiger partial charge is 0.465 e. The fourth-order valence-electron chi connectivity index (χ4n) is 1.45. The first-order valence-corrected chi connectivity index (χ1v) is 5.53. The number of alkyl halides is 7. The number of esters is 1. The number of nitrogens with zero attached hydrogens (tertiary/aromatic N) is 1. The number of aromatic nitrogens is 1. The Morgan fingerprint density at radius 2 is 1.86 bits per heavy atom. The molecule has 0 amide bonds. The van der Waals surface area contributed by atoms with Gasteiger partial charge in [-0.3, -0.25) is 0 Å². The first-order valence-electron chi connectivity index (χ1n) is 5.00. The van der Waals surface area contributed by atoms with Crippen LogP contribution in [0.1, 0.15) is 21.5 Å². The standard InChI is InChI=1S/C10H6ClF6NO3/c1-20-8(19)5-3-18-7(21-10(15,16)17)4(2-11)6(5)9(12,13)14/h3H,2H2,1H3. The summed E-state index contributed by atoms with van der Waals surface area (Å²) < 4.78 is 82.8. The maximum atomic E-state index is 13.0. The van der Waals surface area contributed by atoms with E-state index in [1.54, 1.807) is 0 Å². The number of rotatable bonds is 3. The summed E-state index contributed by atoms with van der Waals surface area (Å²) in [5.41, 5.74) is -3.85. The van der Waals surface area contributed by atoms with Gasteiger partial charge in [0, 0.05) is 11.8 Å². The van der Waals surface area contributed by atoms with E-state index in [2.05, 4.69) is 14.5 Å². The average molecular weight is 338 g/mol. The van der Waals surface area contributed by atoms with Crippen LogP contribution in [-0.2, 0) is 16.8 Å². The Kier molecular flexibility index (Phi) is 4.92. The van der Waals surface area contributed by atoms with Crippen LogP contribution in [0.5, 0.6) is 5.88 Å². The molecule has 1 heterocycles. The highest BCUT2D eigenvalue weighted by atomic mass is 35.5. The normalized spacial score (nSPS) is 12.2. The Labute approximate surface area is 118 Å². The number of hydrogen-bond acceptors (Lipinski definition) is 4. The molecule has 118 valence electrons. The SMILES string of the molecule is COC(=O)c1cnc(OC(F)(F)F)c(CCl)c1C(F)(F)F. The zero-order valence-corrected chi connectivity index (χ0v) is 10.9. The van der Waals surface area contributed by atoms with Gasteiger partial charge >= 0.3 is 18.5 Å². The molecule has 0 aliphatic heterocycles. The Bertz CT molecular complexity index is 543. The highest BCUT2D eigenvalue weighted by molar-refractivity contribution is 6.17. The summed E-state index contributed by atoms with van der Waals surface area (Å²) in [4.78, 5) is 14.3. The maximum Gasteiger partial charge on any atom is 0.574 e. The molecule has 0 radical (unpaired) electrons. The van der Waals surface area contributed by atoms with Crippen molar-refractivity contribution in [3.8, 4) is 5.88 Å². The van der Waals surface area contributed by atoms with Crippen LogP contribution >= 0.6 is 11.6 Å². The fourth-order valence-corrected chi connectivity index (χ4v) is 1.69.